The number of rotatable bonds is 5. The zero-order chi connectivity index (χ0) is 18.7. The lowest BCUT2D eigenvalue weighted by atomic mass is 9.99. The van der Waals surface area contributed by atoms with Crippen LogP contribution in [0.5, 0.6) is 5.75 Å². The first-order valence-corrected chi connectivity index (χ1v) is 9.66. The van der Waals surface area contributed by atoms with E-state index in [1.54, 1.807) is 18.1 Å². The molecule has 1 aliphatic rings. The van der Waals surface area contributed by atoms with Crippen molar-refractivity contribution in [2.45, 2.75) is 17.9 Å². The van der Waals surface area contributed by atoms with Crippen LogP contribution in [0.3, 0.4) is 0 Å². The molecular formula is C18H21N3O4S. The summed E-state index contributed by atoms with van der Waals surface area (Å²) in [6.45, 7) is 0.807. The Morgan fingerprint density at radius 3 is 2.81 bits per heavy atom. The summed E-state index contributed by atoms with van der Waals surface area (Å²) >= 11 is 0. The zero-order valence-corrected chi connectivity index (χ0v) is 15.6. The van der Waals surface area contributed by atoms with Gasteiger partial charge >= 0.3 is 0 Å². The maximum Gasteiger partial charge on any atom is 0.244 e. The number of likely N-dealkylation sites (N-methyl/N-ethyl adjacent to an activating group) is 1. The van der Waals surface area contributed by atoms with Gasteiger partial charge in [-0.25, -0.2) is 8.42 Å². The Hall–Kier alpha value is -2.45. The smallest absolute Gasteiger partial charge is 0.244 e. The van der Waals surface area contributed by atoms with Crippen LogP contribution in [-0.2, 0) is 27.8 Å². The fraction of sp³-hybridized carbons (Fsp3) is 0.333. The molecule has 3 rings (SSSR count). The summed E-state index contributed by atoms with van der Waals surface area (Å²) in [5.74, 6) is 0.516. The lowest BCUT2D eigenvalue weighted by molar-refractivity contribution is -0.132. The highest BCUT2D eigenvalue weighted by Gasteiger charge is 2.27. The van der Waals surface area contributed by atoms with Crippen LogP contribution in [0.1, 0.15) is 11.1 Å². The Kier molecular flexibility index (Phi) is 5.24. The molecule has 0 spiro atoms. The molecule has 1 aliphatic heterocycles. The first-order valence-electron chi connectivity index (χ1n) is 8.22. The van der Waals surface area contributed by atoms with E-state index >= 15 is 0 Å². The zero-order valence-electron chi connectivity index (χ0n) is 14.8. The van der Waals surface area contributed by atoms with Crippen molar-refractivity contribution in [2.75, 3.05) is 27.2 Å². The van der Waals surface area contributed by atoms with Gasteiger partial charge in [-0.3, -0.25) is 9.78 Å². The Labute approximate surface area is 153 Å². The lowest BCUT2D eigenvalue weighted by Gasteiger charge is -2.30. The van der Waals surface area contributed by atoms with E-state index in [2.05, 4.69) is 4.98 Å². The molecule has 138 valence electrons. The average Bonchev–Trinajstić information content (AvgIpc) is 2.67. The summed E-state index contributed by atoms with van der Waals surface area (Å²) in [4.78, 5) is 18.2. The molecule has 26 heavy (non-hydrogen) atoms. The van der Waals surface area contributed by atoms with Crippen LogP contribution in [-0.4, -0.2) is 55.8 Å². The Morgan fingerprint density at radius 2 is 2.12 bits per heavy atom. The van der Waals surface area contributed by atoms with Gasteiger partial charge in [-0.15, -0.1) is 0 Å². The summed E-state index contributed by atoms with van der Waals surface area (Å²) in [6.07, 6.45) is 3.52. The fourth-order valence-corrected chi connectivity index (χ4v) is 4.01. The van der Waals surface area contributed by atoms with Gasteiger partial charge in [-0.2, -0.15) is 4.31 Å². The van der Waals surface area contributed by atoms with Crippen LogP contribution in [0.25, 0.3) is 0 Å². The Balaban J connectivity index is 1.70. The number of hydrogen-bond acceptors (Lipinski definition) is 5. The summed E-state index contributed by atoms with van der Waals surface area (Å²) in [6, 6.07) is 8.86. The molecule has 8 heteroatoms. The minimum atomic E-state index is -3.74. The van der Waals surface area contributed by atoms with Gasteiger partial charge in [0.05, 0.1) is 13.7 Å². The van der Waals surface area contributed by atoms with Crippen molar-refractivity contribution in [2.24, 2.45) is 0 Å². The molecule has 2 aromatic rings. The molecule has 1 aromatic heterocycles. The maximum absolute atomic E-state index is 12.6. The third-order valence-electron chi connectivity index (χ3n) is 4.48. The molecule has 0 aliphatic carbocycles. The predicted molar refractivity (Wildman–Crippen MR) is 96.2 cm³/mol. The molecule has 2 heterocycles. The van der Waals surface area contributed by atoms with E-state index in [9.17, 15) is 13.2 Å². The number of ether oxygens (including phenoxy) is 1. The van der Waals surface area contributed by atoms with Crippen molar-refractivity contribution in [3.05, 3.63) is 53.9 Å². The number of sulfonamides is 1. The number of fused-ring (bicyclic) bond motifs is 1. The third kappa shape index (κ3) is 3.71. The first kappa shape index (κ1) is 18.3. The van der Waals surface area contributed by atoms with Gasteiger partial charge in [0, 0.05) is 32.5 Å². The minimum absolute atomic E-state index is 0.0732. The molecule has 1 amide bonds. The molecule has 1 aromatic carbocycles. The predicted octanol–water partition coefficient (Wildman–Crippen LogP) is 1.30. The number of aromatic nitrogens is 1. The second kappa shape index (κ2) is 7.43. The van der Waals surface area contributed by atoms with E-state index in [1.807, 2.05) is 18.2 Å². The van der Waals surface area contributed by atoms with Crippen LogP contribution in [0, 0.1) is 0 Å². The summed E-state index contributed by atoms with van der Waals surface area (Å²) in [7, 11) is -0.734. The molecule has 0 radical (unpaired) electrons. The Morgan fingerprint density at radius 1 is 1.31 bits per heavy atom. The van der Waals surface area contributed by atoms with Crippen LogP contribution >= 0.6 is 0 Å². The third-order valence-corrected chi connectivity index (χ3v) is 6.27. The van der Waals surface area contributed by atoms with Crippen LogP contribution in [0.4, 0.5) is 0 Å². The Bertz CT molecular complexity index is 900. The van der Waals surface area contributed by atoms with E-state index in [4.69, 9.17) is 4.74 Å². The number of pyridine rings is 1. The SMILES string of the molecule is COc1ccc2c(c1)CN(C(=O)CN(C)S(=O)(=O)c1cccnc1)CC2. The van der Waals surface area contributed by atoms with E-state index in [-0.39, 0.29) is 17.3 Å². The van der Waals surface area contributed by atoms with Gasteiger partial charge in [0.2, 0.25) is 15.9 Å². The number of carbonyl (C=O) groups excluding carboxylic acids is 1. The summed E-state index contributed by atoms with van der Waals surface area (Å²) < 4.78 is 31.4. The van der Waals surface area contributed by atoms with E-state index in [0.717, 1.165) is 22.0 Å². The second-order valence-electron chi connectivity index (χ2n) is 6.15. The van der Waals surface area contributed by atoms with E-state index in [1.165, 1.54) is 31.1 Å². The minimum Gasteiger partial charge on any atom is -0.497 e. The van der Waals surface area contributed by atoms with Gasteiger partial charge in [0.1, 0.15) is 10.6 Å². The van der Waals surface area contributed by atoms with E-state index < -0.39 is 10.0 Å². The summed E-state index contributed by atoms with van der Waals surface area (Å²) in [5.41, 5.74) is 2.22. The average molecular weight is 375 g/mol. The molecule has 0 saturated heterocycles. The first-order chi connectivity index (χ1) is 12.4. The van der Waals surface area contributed by atoms with Crippen LogP contribution < -0.4 is 4.74 Å². The fourth-order valence-electron chi connectivity index (χ4n) is 2.93. The van der Waals surface area contributed by atoms with Crippen molar-refractivity contribution in [3.8, 4) is 5.75 Å². The molecule has 0 saturated carbocycles. The monoisotopic (exact) mass is 375 g/mol. The van der Waals surface area contributed by atoms with Gasteiger partial charge in [-0.1, -0.05) is 6.07 Å². The van der Waals surface area contributed by atoms with Gasteiger partial charge < -0.3 is 9.64 Å². The molecule has 7 nitrogen and oxygen atoms in total. The largest absolute Gasteiger partial charge is 0.497 e. The molecule has 0 atom stereocenters. The maximum atomic E-state index is 12.6. The highest BCUT2D eigenvalue weighted by Crippen LogP contribution is 2.24. The van der Waals surface area contributed by atoms with Gasteiger partial charge in [-0.05, 0) is 41.8 Å². The second-order valence-corrected chi connectivity index (χ2v) is 8.19. The number of hydrogen-bond donors (Lipinski definition) is 0. The number of benzene rings is 1. The highest BCUT2D eigenvalue weighted by atomic mass is 32.2. The molecule has 0 N–H and O–H groups in total. The number of amides is 1. The number of nitrogens with zero attached hydrogens (tertiary/aromatic N) is 3. The van der Waals surface area contributed by atoms with Crippen molar-refractivity contribution in [3.63, 3.8) is 0 Å². The van der Waals surface area contributed by atoms with Crippen molar-refractivity contribution in [1.82, 2.24) is 14.2 Å². The summed E-state index contributed by atoms with van der Waals surface area (Å²) in [5, 5.41) is 0. The van der Waals surface area contributed by atoms with Crippen molar-refractivity contribution in [1.29, 1.82) is 0 Å². The van der Waals surface area contributed by atoms with E-state index in [0.29, 0.717) is 13.1 Å². The molecule has 0 unspecified atom stereocenters. The standard InChI is InChI=1S/C18H21N3O4S/c1-20(26(23,24)17-4-3-8-19-11-17)13-18(22)21-9-7-14-5-6-16(25-2)10-15(14)12-21/h3-6,8,10-11H,7,9,12-13H2,1-2H3. The number of methoxy groups -OCH3 is 1. The van der Waals surface area contributed by atoms with Gasteiger partial charge in [0.25, 0.3) is 0 Å². The van der Waals surface area contributed by atoms with Crippen molar-refractivity contribution < 1.29 is 17.9 Å². The molecule has 0 bridgehead atoms. The quantitative estimate of drug-likeness (QED) is 0.787. The topological polar surface area (TPSA) is 79.8 Å². The van der Waals surface area contributed by atoms with Gasteiger partial charge in [0.15, 0.2) is 0 Å². The molecule has 0 fully saturated rings. The number of carbonyl (C=O) groups is 1. The van der Waals surface area contributed by atoms with Crippen LogP contribution in [0.15, 0.2) is 47.6 Å². The normalized spacial score (nSPS) is 14.2. The highest BCUT2D eigenvalue weighted by molar-refractivity contribution is 7.89. The van der Waals surface area contributed by atoms with Crippen molar-refractivity contribution >= 4 is 15.9 Å². The lowest BCUT2D eigenvalue weighted by Crippen LogP contribution is -2.43. The molecular weight excluding hydrogens is 354 g/mol. The van der Waals surface area contributed by atoms with Crippen LogP contribution in [0.2, 0.25) is 0 Å².